The number of H-pyrrole nitrogens is 1. The number of aromatic nitrogens is 1. The van der Waals surface area contributed by atoms with Crippen LogP contribution in [-0.2, 0) is 4.79 Å². The molecule has 0 unspecified atom stereocenters. The first-order chi connectivity index (χ1) is 10.0. The van der Waals surface area contributed by atoms with Crippen LogP contribution in [0, 0.1) is 12.8 Å². The predicted octanol–water partition coefficient (Wildman–Crippen LogP) is 1.98. The Morgan fingerprint density at radius 2 is 1.81 bits per heavy atom. The van der Waals surface area contributed by atoms with Gasteiger partial charge >= 0.3 is 0 Å². The van der Waals surface area contributed by atoms with E-state index in [4.69, 9.17) is 0 Å². The molecule has 112 valence electrons. The second kappa shape index (κ2) is 6.43. The molecule has 5 nitrogen and oxygen atoms in total. The van der Waals surface area contributed by atoms with E-state index < -0.39 is 0 Å². The van der Waals surface area contributed by atoms with Crippen LogP contribution in [0.1, 0.15) is 29.9 Å². The van der Waals surface area contributed by atoms with Gasteiger partial charge in [0.05, 0.1) is 5.56 Å². The third-order valence-electron chi connectivity index (χ3n) is 3.35. The van der Waals surface area contributed by atoms with E-state index in [-0.39, 0.29) is 17.7 Å². The number of para-hydroxylation sites is 1. The largest absolute Gasteiger partial charge is 0.358 e. The van der Waals surface area contributed by atoms with Gasteiger partial charge < -0.3 is 15.6 Å². The maximum Gasteiger partial charge on any atom is 0.253 e. The van der Waals surface area contributed by atoms with E-state index in [2.05, 4.69) is 15.6 Å². The van der Waals surface area contributed by atoms with Crippen LogP contribution < -0.4 is 10.6 Å². The molecule has 3 N–H and O–H groups in total. The number of hydrogen-bond donors (Lipinski definition) is 3. The van der Waals surface area contributed by atoms with Crippen molar-refractivity contribution in [2.24, 2.45) is 5.92 Å². The molecular formula is C16H21N3O2. The number of fused-ring (bicyclic) bond motifs is 1. The number of aryl methyl sites for hydroxylation is 1. The van der Waals surface area contributed by atoms with Crippen molar-refractivity contribution in [3.63, 3.8) is 0 Å². The van der Waals surface area contributed by atoms with Crippen LogP contribution in [0.15, 0.2) is 24.3 Å². The van der Waals surface area contributed by atoms with Crippen LogP contribution >= 0.6 is 0 Å². The van der Waals surface area contributed by atoms with Gasteiger partial charge in [0, 0.05) is 35.6 Å². The number of carbonyl (C=O) groups is 2. The fourth-order valence-electron chi connectivity index (χ4n) is 2.22. The Labute approximate surface area is 124 Å². The Hall–Kier alpha value is -2.30. The van der Waals surface area contributed by atoms with Gasteiger partial charge in [0.25, 0.3) is 5.91 Å². The van der Waals surface area contributed by atoms with E-state index in [1.54, 1.807) is 0 Å². The maximum atomic E-state index is 12.3. The molecule has 0 spiro atoms. The monoisotopic (exact) mass is 287 g/mol. The summed E-state index contributed by atoms with van der Waals surface area (Å²) in [5, 5.41) is 6.53. The smallest absolute Gasteiger partial charge is 0.253 e. The lowest BCUT2D eigenvalue weighted by atomic mass is 10.1. The topological polar surface area (TPSA) is 74.0 Å². The minimum Gasteiger partial charge on any atom is -0.358 e. The second-order valence-corrected chi connectivity index (χ2v) is 5.37. The van der Waals surface area contributed by atoms with Crippen LogP contribution in [0.25, 0.3) is 10.9 Å². The van der Waals surface area contributed by atoms with E-state index >= 15 is 0 Å². The van der Waals surface area contributed by atoms with Crippen molar-refractivity contribution in [2.75, 3.05) is 13.1 Å². The van der Waals surface area contributed by atoms with E-state index in [0.717, 1.165) is 16.6 Å². The normalized spacial score (nSPS) is 10.9. The third-order valence-corrected chi connectivity index (χ3v) is 3.35. The van der Waals surface area contributed by atoms with Crippen molar-refractivity contribution in [2.45, 2.75) is 20.8 Å². The highest BCUT2D eigenvalue weighted by Gasteiger charge is 2.15. The molecule has 0 aliphatic rings. The van der Waals surface area contributed by atoms with Gasteiger partial charge in [-0.1, -0.05) is 32.0 Å². The summed E-state index contributed by atoms with van der Waals surface area (Å²) in [6, 6.07) is 7.72. The molecule has 0 saturated heterocycles. The molecule has 21 heavy (non-hydrogen) atoms. The molecule has 1 heterocycles. The summed E-state index contributed by atoms with van der Waals surface area (Å²) < 4.78 is 0. The number of benzene rings is 1. The summed E-state index contributed by atoms with van der Waals surface area (Å²) in [6.07, 6.45) is 0. The highest BCUT2D eigenvalue weighted by atomic mass is 16.2. The Bertz CT molecular complexity index is 659. The van der Waals surface area contributed by atoms with Gasteiger partial charge in [0.15, 0.2) is 0 Å². The van der Waals surface area contributed by atoms with Crippen molar-refractivity contribution in [1.82, 2.24) is 15.6 Å². The van der Waals surface area contributed by atoms with E-state index in [9.17, 15) is 9.59 Å². The van der Waals surface area contributed by atoms with Crippen LogP contribution in [0.4, 0.5) is 0 Å². The molecule has 2 amide bonds. The molecule has 0 atom stereocenters. The van der Waals surface area contributed by atoms with Gasteiger partial charge in [0.2, 0.25) is 5.91 Å². The summed E-state index contributed by atoms with van der Waals surface area (Å²) in [5.74, 6) is -0.173. The molecule has 2 aromatic rings. The lowest BCUT2D eigenvalue weighted by Gasteiger charge is -2.09. The van der Waals surface area contributed by atoms with E-state index in [1.807, 2.05) is 45.0 Å². The number of aromatic amines is 1. The lowest BCUT2D eigenvalue weighted by molar-refractivity contribution is -0.123. The zero-order valence-electron chi connectivity index (χ0n) is 12.6. The fourth-order valence-corrected chi connectivity index (χ4v) is 2.22. The van der Waals surface area contributed by atoms with Gasteiger partial charge in [-0.3, -0.25) is 9.59 Å². The molecule has 1 aromatic heterocycles. The molecule has 0 radical (unpaired) electrons. The molecule has 0 saturated carbocycles. The summed E-state index contributed by atoms with van der Waals surface area (Å²) in [6.45, 7) is 6.41. The molecule has 1 aromatic carbocycles. The summed E-state index contributed by atoms with van der Waals surface area (Å²) in [7, 11) is 0. The highest BCUT2D eigenvalue weighted by molar-refractivity contribution is 6.08. The van der Waals surface area contributed by atoms with Crippen LogP contribution in [-0.4, -0.2) is 29.9 Å². The number of rotatable bonds is 5. The number of amides is 2. The first kappa shape index (κ1) is 15.1. The molecule has 0 aliphatic carbocycles. The number of carbonyl (C=O) groups excluding carboxylic acids is 2. The second-order valence-electron chi connectivity index (χ2n) is 5.37. The first-order valence-electron chi connectivity index (χ1n) is 7.14. The van der Waals surface area contributed by atoms with E-state index in [0.29, 0.717) is 18.7 Å². The van der Waals surface area contributed by atoms with Crippen molar-refractivity contribution < 1.29 is 9.59 Å². The zero-order valence-corrected chi connectivity index (χ0v) is 12.6. The fraction of sp³-hybridized carbons (Fsp3) is 0.375. The van der Waals surface area contributed by atoms with Gasteiger partial charge in [0.1, 0.15) is 0 Å². The molecule has 0 bridgehead atoms. The Kier molecular flexibility index (Phi) is 4.62. The molecule has 0 fully saturated rings. The molecule has 2 rings (SSSR count). The zero-order chi connectivity index (χ0) is 15.4. The SMILES string of the molecule is Cc1[nH]c2ccccc2c1C(=O)NCCNC(=O)C(C)C. The number of nitrogens with one attached hydrogen (secondary N) is 3. The molecular weight excluding hydrogens is 266 g/mol. The Balaban J connectivity index is 1.97. The quantitative estimate of drug-likeness (QED) is 0.736. The summed E-state index contributed by atoms with van der Waals surface area (Å²) in [4.78, 5) is 26.9. The van der Waals surface area contributed by atoms with E-state index in [1.165, 1.54) is 0 Å². The Morgan fingerprint density at radius 3 is 2.52 bits per heavy atom. The first-order valence-corrected chi connectivity index (χ1v) is 7.14. The molecule has 5 heteroatoms. The Morgan fingerprint density at radius 1 is 1.14 bits per heavy atom. The number of hydrogen-bond acceptors (Lipinski definition) is 2. The minimum atomic E-state index is -0.122. The van der Waals surface area contributed by atoms with Crippen molar-refractivity contribution in [3.8, 4) is 0 Å². The van der Waals surface area contributed by atoms with Crippen LogP contribution in [0.2, 0.25) is 0 Å². The van der Waals surface area contributed by atoms with Gasteiger partial charge in [-0.05, 0) is 13.0 Å². The van der Waals surface area contributed by atoms with Crippen molar-refractivity contribution in [1.29, 1.82) is 0 Å². The summed E-state index contributed by atoms with van der Waals surface area (Å²) >= 11 is 0. The predicted molar refractivity (Wildman–Crippen MR) is 83.2 cm³/mol. The van der Waals surface area contributed by atoms with Gasteiger partial charge in [-0.2, -0.15) is 0 Å². The lowest BCUT2D eigenvalue weighted by Crippen LogP contribution is -2.36. The maximum absolute atomic E-state index is 12.3. The minimum absolute atomic E-state index is 0.00692. The average Bonchev–Trinajstić information content (AvgIpc) is 2.78. The average molecular weight is 287 g/mol. The summed E-state index contributed by atoms with van der Waals surface area (Å²) in [5.41, 5.74) is 2.47. The highest BCUT2D eigenvalue weighted by Crippen LogP contribution is 2.21. The third kappa shape index (κ3) is 3.42. The van der Waals surface area contributed by atoms with Crippen molar-refractivity contribution >= 4 is 22.7 Å². The van der Waals surface area contributed by atoms with Crippen molar-refractivity contribution in [3.05, 3.63) is 35.5 Å². The van der Waals surface area contributed by atoms with Gasteiger partial charge in [-0.25, -0.2) is 0 Å². The van der Waals surface area contributed by atoms with Crippen LogP contribution in [0.5, 0.6) is 0 Å². The van der Waals surface area contributed by atoms with Gasteiger partial charge in [-0.15, -0.1) is 0 Å². The molecule has 0 aliphatic heterocycles. The standard InChI is InChI=1S/C16H21N3O2/c1-10(2)15(20)17-8-9-18-16(21)14-11(3)19-13-7-5-4-6-12(13)14/h4-7,10,19H,8-9H2,1-3H3,(H,17,20)(H,18,21). The van der Waals surface area contributed by atoms with Crippen LogP contribution in [0.3, 0.4) is 0 Å².